The lowest BCUT2D eigenvalue weighted by Crippen LogP contribution is -2.29. The first-order valence-corrected chi connectivity index (χ1v) is 10.5. The molecule has 0 aromatic heterocycles. The molecule has 8 heteroatoms. The predicted octanol–water partition coefficient (Wildman–Crippen LogP) is 4.24. The van der Waals surface area contributed by atoms with Gasteiger partial charge in [0.15, 0.2) is 6.61 Å². The molecule has 3 amide bonds. The third-order valence-electron chi connectivity index (χ3n) is 5.20. The maximum atomic E-state index is 12.8. The van der Waals surface area contributed by atoms with Crippen molar-refractivity contribution in [3.63, 3.8) is 0 Å². The standard InChI is InChI=1S/C25H19ClN2O5/c1-15-7-9-18(26)12-21(15)27-22(29)14-33-25(32)17-8-10-19-20(11-17)24(31)28(23(19)30)13-16-5-3-2-4-6-16/h2-12H,13-14H2,1H3,(H,27,29). The van der Waals surface area contributed by atoms with E-state index in [4.69, 9.17) is 16.3 Å². The highest BCUT2D eigenvalue weighted by molar-refractivity contribution is 6.31. The Bertz CT molecular complexity index is 1270. The molecule has 3 aromatic carbocycles. The number of hydrogen-bond donors (Lipinski definition) is 1. The molecule has 0 aliphatic carbocycles. The predicted molar refractivity (Wildman–Crippen MR) is 122 cm³/mol. The molecule has 1 aliphatic heterocycles. The van der Waals surface area contributed by atoms with E-state index in [1.807, 2.05) is 37.3 Å². The van der Waals surface area contributed by atoms with Gasteiger partial charge in [-0.15, -0.1) is 0 Å². The van der Waals surface area contributed by atoms with Crippen LogP contribution < -0.4 is 5.32 Å². The number of anilines is 1. The Morgan fingerprint density at radius 2 is 1.67 bits per heavy atom. The highest BCUT2D eigenvalue weighted by Crippen LogP contribution is 2.26. The van der Waals surface area contributed by atoms with Gasteiger partial charge in [-0.05, 0) is 48.4 Å². The van der Waals surface area contributed by atoms with Crippen LogP contribution in [0, 0.1) is 6.92 Å². The van der Waals surface area contributed by atoms with E-state index in [0.29, 0.717) is 10.7 Å². The molecule has 0 radical (unpaired) electrons. The van der Waals surface area contributed by atoms with Gasteiger partial charge in [0, 0.05) is 10.7 Å². The van der Waals surface area contributed by atoms with Gasteiger partial charge in [-0.25, -0.2) is 4.79 Å². The molecule has 1 aliphatic rings. The van der Waals surface area contributed by atoms with Crippen LogP contribution in [0.1, 0.15) is 42.2 Å². The quantitative estimate of drug-likeness (QED) is 0.437. The molecule has 0 saturated carbocycles. The van der Waals surface area contributed by atoms with Gasteiger partial charge in [-0.3, -0.25) is 19.3 Å². The van der Waals surface area contributed by atoms with Gasteiger partial charge in [0.25, 0.3) is 17.7 Å². The third-order valence-corrected chi connectivity index (χ3v) is 5.43. The molecule has 0 atom stereocenters. The van der Waals surface area contributed by atoms with E-state index in [-0.39, 0.29) is 23.2 Å². The molecule has 3 aromatic rings. The molecule has 1 N–H and O–H groups in total. The van der Waals surface area contributed by atoms with Gasteiger partial charge in [0.05, 0.1) is 23.2 Å². The van der Waals surface area contributed by atoms with Crippen LogP contribution in [0.3, 0.4) is 0 Å². The van der Waals surface area contributed by atoms with Crippen molar-refractivity contribution in [3.8, 4) is 0 Å². The Balaban J connectivity index is 1.41. The average molecular weight is 463 g/mol. The lowest BCUT2D eigenvalue weighted by Gasteiger charge is -2.13. The second-order valence-corrected chi connectivity index (χ2v) is 7.96. The van der Waals surface area contributed by atoms with Crippen LogP contribution >= 0.6 is 11.6 Å². The summed E-state index contributed by atoms with van der Waals surface area (Å²) in [4.78, 5) is 51.2. The molecule has 1 heterocycles. The fourth-order valence-corrected chi connectivity index (χ4v) is 3.63. The molecule has 0 saturated heterocycles. The zero-order valence-electron chi connectivity index (χ0n) is 17.6. The average Bonchev–Trinajstić information content (AvgIpc) is 3.05. The van der Waals surface area contributed by atoms with Gasteiger partial charge in [0.1, 0.15) is 0 Å². The lowest BCUT2D eigenvalue weighted by atomic mass is 10.1. The maximum Gasteiger partial charge on any atom is 0.338 e. The largest absolute Gasteiger partial charge is 0.452 e. The van der Waals surface area contributed by atoms with Crippen LogP contribution in [-0.4, -0.2) is 35.2 Å². The number of amides is 3. The zero-order valence-corrected chi connectivity index (χ0v) is 18.4. The van der Waals surface area contributed by atoms with Crippen molar-refractivity contribution in [2.45, 2.75) is 13.5 Å². The van der Waals surface area contributed by atoms with E-state index in [1.165, 1.54) is 18.2 Å². The minimum Gasteiger partial charge on any atom is -0.452 e. The number of carbonyl (C=O) groups is 4. The van der Waals surface area contributed by atoms with Crippen LogP contribution in [-0.2, 0) is 16.1 Å². The minimum absolute atomic E-state index is 0.0724. The van der Waals surface area contributed by atoms with Crippen molar-refractivity contribution in [2.75, 3.05) is 11.9 Å². The van der Waals surface area contributed by atoms with Gasteiger partial charge >= 0.3 is 5.97 Å². The molecule has 0 unspecified atom stereocenters. The molecular formula is C25H19ClN2O5. The highest BCUT2D eigenvalue weighted by Gasteiger charge is 2.36. The Kier molecular flexibility index (Phi) is 6.24. The Labute approximate surface area is 194 Å². The van der Waals surface area contributed by atoms with Crippen LogP contribution in [0.5, 0.6) is 0 Å². The van der Waals surface area contributed by atoms with Gasteiger partial charge in [-0.2, -0.15) is 0 Å². The van der Waals surface area contributed by atoms with Crippen molar-refractivity contribution in [3.05, 3.63) is 99.6 Å². The summed E-state index contributed by atoms with van der Waals surface area (Å²) >= 11 is 5.94. The maximum absolute atomic E-state index is 12.8. The first kappa shape index (κ1) is 22.2. The molecule has 0 spiro atoms. The lowest BCUT2D eigenvalue weighted by molar-refractivity contribution is -0.119. The zero-order chi connectivity index (χ0) is 23.5. The molecule has 166 valence electrons. The number of imide groups is 1. The second kappa shape index (κ2) is 9.26. The Morgan fingerprint density at radius 3 is 2.42 bits per heavy atom. The number of halogens is 1. The number of benzene rings is 3. The number of hydrogen-bond acceptors (Lipinski definition) is 5. The van der Waals surface area contributed by atoms with E-state index in [0.717, 1.165) is 16.0 Å². The number of esters is 1. The van der Waals surface area contributed by atoms with Gasteiger partial charge in [-0.1, -0.05) is 48.0 Å². The summed E-state index contributed by atoms with van der Waals surface area (Å²) in [7, 11) is 0. The summed E-state index contributed by atoms with van der Waals surface area (Å²) in [6.07, 6.45) is 0. The topological polar surface area (TPSA) is 92.8 Å². The molecular weight excluding hydrogens is 444 g/mol. The number of fused-ring (bicyclic) bond motifs is 1. The number of nitrogens with one attached hydrogen (secondary N) is 1. The Hall–Kier alpha value is -3.97. The summed E-state index contributed by atoms with van der Waals surface area (Å²) in [6, 6.07) is 18.3. The third kappa shape index (κ3) is 4.78. The van der Waals surface area contributed by atoms with Crippen molar-refractivity contribution >= 4 is 41.0 Å². The van der Waals surface area contributed by atoms with Crippen LogP contribution in [0.25, 0.3) is 0 Å². The number of rotatable bonds is 6. The Morgan fingerprint density at radius 1 is 0.939 bits per heavy atom. The van der Waals surface area contributed by atoms with E-state index < -0.39 is 30.3 Å². The second-order valence-electron chi connectivity index (χ2n) is 7.53. The summed E-state index contributed by atoms with van der Waals surface area (Å²) in [5.41, 5.74) is 2.56. The number of aryl methyl sites for hydroxylation is 1. The van der Waals surface area contributed by atoms with Gasteiger partial charge < -0.3 is 10.1 Å². The fourth-order valence-electron chi connectivity index (χ4n) is 3.46. The molecule has 4 rings (SSSR count). The molecule has 0 bridgehead atoms. The molecule has 7 nitrogen and oxygen atoms in total. The molecule has 0 fully saturated rings. The molecule has 33 heavy (non-hydrogen) atoms. The van der Waals surface area contributed by atoms with Crippen LogP contribution in [0.4, 0.5) is 5.69 Å². The first-order valence-electron chi connectivity index (χ1n) is 10.1. The van der Waals surface area contributed by atoms with Crippen molar-refractivity contribution in [1.29, 1.82) is 0 Å². The van der Waals surface area contributed by atoms with E-state index in [9.17, 15) is 19.2 Å². The highest BCUT2D eigenvalue weighted by atomic mass is 35.5. The summed E-state index contributed by atoms with van der Waals surface area (Å²) < 4.78 is 5.08. The first-order chi connectivity index (χ1) is 15.8. The monoisotopic (exact) mass is 462 g/mol. The van der Waals surface area contributed by atoms with E-state index >= 15 is 0 Å². The van der Waals surface area contributed by atoms with Crippen molar-refractivity contribution in [2.24, 2.45) is 0 Å². The number of nitrogens with zero attached hydrogens (tertiary/aromatic N) is 1. The van der Waals surface area contributed by atoms with Crippen LogP contribution in [0.2, 0.25) is 5.02 Å². The van der Waals surface area contributed by atoms with Gasteiger partial charge in [0.2, 0.25) is 0 Å². The number of carbonyl (C=O) groups excluding carboxylic acids is 4. The fraction of sp³-hybridized carbons (Fsp3) is 0.120. The van der Waals surface area contributed by atoms with Crippen molar-refractivity contribution < 1.29 is 23.9 Å². The number of ether oxygens (including phenoxy) is 1. The summed E-state index contributed by atoms with van der Waals surface area (Å²) in [5.74, 6) is -2.22. The normalized spacial score (nSPS) is 12.5. The summed E-state index contributed by atoms with van der Waals surface area (Å²) in [5, 5.41) is 3.10. The van der Waals surface area contributed by atoms with E-state index in [2.05, 4.69) is 5.32 Å². The van der Waals surface area contributed by atoms with E-state index in [1.54, 1.807) is 18.2 Å². The van der Waals surface area contributed by atoms with Crippen molar-refractivity contribution in [1.82, 2.24) is 4.90 Å². The summed E-state index contributed by atoms with van der Waals surface area (Å²) in [6.45, 7) is 1.42. The SMILES string of the molecule is Cc1ccc(Cl)cc1NC(=O)COC(=O)c1ccc2c(c1)C(=O)N(Cc1ccccc1)C2=O. The minimum atomic E-state index is -0.780. The smallest absolute Gasteiger partial charge is 0.338 e. The van der Waals surface area contributed by atoms with Crippen LogP contribution in [0.15, 0.2) is 66.7 Å².